The van der Waals surface area contributed by atoms with Crippen LogP contribution in [0.1, 0.15) is 10.4 Å². The number of halogens is 2. The first-order valence-corrected chi connectivity index (χ1v) is 12.8. The zero-order chi connectivity index (χ0) is 28.5. The molecule has 0 atom stereocenters. The van der Waals surface area contributed by atoms with Gasteiger partial charge in [0.1, 0.15) is 36.1 Å². The molecule has 9 nitrogen and oxygen atoms in total. The SMILES string of the molecule is COc1cc2nccc(Oc3ccc(NC(=O)c4cccn(-c5ccc(F)cc5)c4=O)c(Cl)c3)c2c2c1OCCO2. The van der Waals surface area contributed by atoms with Gasteiger partial charge in [-0.3, -0.25) is 19.1 Å². The van der Waals surface area contributed by atoms with Crippen LogP contribution in [0.25, 0.3) is 16.6 Å². The number of hydrogen-bond acceptors (Lipinski definition) is 7. The van der Waals surface area contributed by atoms with Crippen molar-refractivity contribution in [2.24, 2.45) is 0 Å². The van der Waals surface area contributed by atoms with Crippen molar-refractivity contribution < 1.29 is 28.1 Å². The number of hydrogen-bond donors (Lipinski definition) is 1. The van der Waals surface area contributed by atoms with Gasteiger partial charge in [-0.1, -0.05) is 11.6 Å². The number of benzene rings is 3. The minimum absolute atomic E-state index is 0.112. The largest absolute Gasteiger partial charge is 0.493 e. The number of ether oxygens (including phenoxy) is 4. The fourth-order valence-electron chi connectivity index (χ4n) is 4.46. The van der Waals surface area contributed by atoms with Crippen LogP contribution in [-0.4, -0.2) is 35.8 Å². The molecule has 1 N–H and O–H groups in total. The summed E-state index contributed by atoms with van der Waals surface area (Å²) in [6.07, 6.45) is 3.10. The lowest BCUT2D eigenvalue weighted by molar-refractivity contribution is 0.102. The lowest BCUT2D eigenvalue weighted by Crippen LogP contribution is -2.27. The Morgan fingerprint density at radius 1 is 1.02 bits per heavy atom. The minimum atomic E-state index is -0.653. The first kappa shape index (κ1) is 26.1. The molecule has 11 heteroatoms. The first-order chi connectivity index (χ1) is 19.9. The Morgan fingerprint density at radius 2 is 1.80 bits per heavy atom. The number of pyridine rings is 2. The Bertz CT molecular complexity index is 1860. The van der Waals surface area contributed by atoms with Gasteiger partial charge < -0.3 is 24.3 Å². The number of amides is 1. The number of anilines is 1. The van der Waals surface area contributed by atoms with Gasteiger partial charge in [0.2, 0.25) is 5.75 Å². The molecule has 3 heterocycles. The van der Waals surface area contributed by atoms with Crippen LogP contribution in [0.2, 0.25) is 5.02 Å². The fourth-order valence-corrected chi connectivity index (χ4v) is 4.68. The maximum absolute atomic E-state index is 13.3. The van der Waals surface area contributed by atoms with E-state index < -0.39 is 17.3 Å². The molecule has 0 saturated carbocycles. The number of nitrogens with one attached hydrogen (secondary N) is 1. The van der Waals surface area contributed by atoms with Crippen LogP contribution < -0.4 is 29.8 Å². The minimum Gasteiger partial charge on any atom is -0.493 e. The second-order valence-corrected chi connectivity index (χ2v) is 9.32. The van der Waals surface area contributed by atoms with Crippen LogP contribution in [-0.2, 0) is 0 Å². The van der Waals surface area contributed by atoms with Crippen molar-refractivity contribution in [3.05, 3.63) is 106 Å². The van der Waals surface area contributed by atoms with Gasteiger partial charge in [-0.05, 0) is 54.6 Å². The monoisotopic (exact) mass is 573 g/mol. The molecule has 5 aromatic rings. The van der Waals surface area contributed by atoms with E-state index in [9.17, 15) is 14.0 Å². The van der Waals surface area contributed by atoms with E-state index in [1.807, 2.05) is 0 Å². The van der Waals surface area contributed by atoms with Crippen molar-refractivity contribution in [3.8, 4) is 34.4 Å². The van der Waals surface area contributed by atoms with Gasteiger partial charge in [0.15, 0.2) is 11.5 Å². The molecule has 0 saturated heterocycles. The van der Waals surface area contributed by atoms with Crippen molar-refractivity contribution in [2.75, 3.05) is 25.6 Å². The molecular weight excluding hydrogens is 553 g/mol. The van der Waals surface area contributed by atoms with Crippen LogP contribution >= 0.6 is 11.6 Å². The van der Waals surface area contributed by atoms with Gasteiger partial charge in [-0.2, -0.15) is 0 Å². The van der Waals surface area contributed by atoms with Gasteiger partial charge in [-0.15, -0.1) is 0 Å². The van der Waals surface area contributed by atoms with Crippen LogP contribution in [0.5, 0.6) is 28.7 Å². The summed E-state index contributed by atoms with van der Waals surface area (Å²) in [6, 6.07) is 16.5. The van der Waals surface area contributed by atoms with Gasteiger partial charge in [0, 0.05) is 30.2 Å². The van der Waals surface area contributed by atoms with Crippen molar-refractivity contribution in [2.45, 2.75) is 0 Å². The molecule has 0 aliphatic carbocycles. The molecule has 206 valence electrons. The highest BCUT2D eigenvalue weighted by atomic mass is 35.5. The Hall–Kier alpha value is -5.09. The zero-order valence-corrected chi connectivity index (χ0v) is 22.3. The quantitative estimate of drug-likeness (QED) is 0.266. The number of aromatic nitrogens is 2. The standard InChI is InChI=1S/C30H21ClFN3O6/c1-38-25-16-23-26(28-27(25)39-13-14-40-28)24(10-11-33-23)41-19-8-9-22(21(31)15-19)34-29(36)20-3-2-12-35(30(20)37)18-6-4-17(32)5-7-18/h2-12,15-16H,13-14H2,1H3,(H,34,36). The van der Waals surface area contributed by atoms with Crippen molar-refractivity contribution >= 4 is 34.1 Å². The average molecular weight is 574 g/mol. The molecule has 41 heavy (non-hydrogen) atoms. The van der Waals surface area contributed by atoms with Gasteiger partial charge in [0.25, 0.3) is 11.5 Å². The predicted octanol–water partition coefficient (Wildman–Crippen LogP) is 6.00. The fraction of sp³-hybridized carbons (Fsp3) is 0.100. The third kappa shape index (κ3) is 5.01. The van der Waals surface area contributed by atoms with Crippen molar-refractivity contribution in [1.29, 1.82) is 0 Å². The molecule has 0 fully saturated rings. The summed E-state index contributed by atoms with van der Waals surface area (Å²) in [7, 11) is 1.54. The summed E-state index contributed by atoms with van der Waals surface area (Å²) in [4.78, 5) is 30.4. The summed E-state index contributed by atoms with van der Waals surface area (Å²) in [5.74, 6) is 1.20. The van der Waals surface area contributed by atoms with E-state index in [1.54, 1.807) is 49.7 Å². The maximum atomic E-state index is 13.3. The highest BCUT2D eigenvalue weighted by Gasteiger charge is 2.24. The summed E-state index contributed by atoms with van der Waals surface area (Å²) in [5, 5.41) is 3.47. The summed E-state index contributed by atoms with van der Waals surface area (Å²) < 4.78 is 37.8. The van der Waals surface area contributed by atoms with Crippen LogP contribution in [0.4, 0.5) is 10.1 Å². The lowest BCUT2D eigenvalue weighted by Gasteiger charge is -2.23. The van der Waals surface area contributed by atoms with Gasteiger partial charge in [0.05, 0.1) is 28.7 Å². The van der Waals surface area contributed by atoms with Crippen molar-refractivity contribution in [1.82, 2.24) is 9.55 Å². The number of fused-ring (bicyclic) bond motifs is 3. The number of carbonyl (C=O) groups excluding carboxylic acids is 1. The average Bonchev–Trinajstić information content (AvgIpc) is 2.98. The molecule has 0 bridgehead atoms. The van der Waals surface area contributed by atoms with Crippen LogP contribution in [0.3, 0.4) is 0 Å². The summed E-state index contributed by atoms with van der Waals surface area (Å²) >= 11 is 6.49. The molecular formula is C30H21ClFN3O6. The predicted molar refractivity (Wildman–Crippen MR) is 151 cm³/mol. The smallest absolute Gasteiger partial charge is 0.267 e. The Labute approximate surface area is 237 Å². The molecule has 1 aliphatic rings. The van der Waals surface area contributed by atoms with Crippen LogP contribution in [0, 0.1) is 5.82 Å². The second-order valence-electron chi connectivity index (χ2n) is 8.91. The molecule has 1 aliphatic heterocycles. The van der Waals surface area contributed by atoms with Gasteiger partial charge >= 0.3 is 0 Å². The normalized spacial score (nSPS) is 12.2. The molecule has 0 unspecified atom stereocenters. The van der Waals surface area contributed by atoms with E-state index in [0.29, 0.717) is 58.6 Å². The Kier molecular flexibility index (Phi) is 6.90. The first-order valence-electron chi connectivity index (χ1n) is 12.4. The van der Waals surface area contributed by atoms with E-state index in [1.165, 1.54) is 41.1 Å². The summed E-state index contributed by atoms with van der Waals surface area (Å²) in [6.45, 7) is 0.747. The molecule has 0 radical (unpaired) electrons. The third-order valence-electron chi connectivity index (χ3n) is 6.38. The molecule has 1 amide bonds. The Balaban J connectivity index is 1.26. The van der Waals surface area contributed by atoms with Crippen molar-refractivity contribution in [3.63, 3.8) is 0 Å². The maximum Gasteiger partial charge on any atom is 0.267 e. The zero-order valence-electron chi connectivity index (χ0n) is 21.5. The van der Waals surface area contributed by atoms with Gasteiger partial charge in [-0.25, -0.2) is 4.39 Å². The number of carbonyl (C=O) groups is 1. The van der Waals surface area contributed by atoms with E-state index in [2.05, 4.69) is 10.3 Å². The second kappa shape index (κ2) is 10.8. The molecule has 3 aromatic carbocycles. The summed E-state index contributed by atoms with van der Waals surface area (Å²) in [5.41, 5.74) is 0.611. The van der Waals surface area contributed by atoms with E-state index in [4.69, 9.17) is 30.5 Å². The Morgan fingerprint density at radius 3 is 2.56 bits per heavy atom. The lowest BCUT2D eigenvalue weighted by atomic mass is 10.1. The van der Waals surface area contributed by atoms with E-state index in [0.717, 1.165) is 0 Å². The molecule has 2 aromatic heterocycles. The number of methoxy groups -OCH3 is 1. The highest BCUT2D eigenvalue weighted by Crippen LogP contribution is 2.48. The number of nitrogens with zero attached hydrogens (tertiary/aromatic N) is 2. The number of rotatable bonds is 6. The third-order valence-corrected chi connectivity index (χ3v) is 6.69. The van der Waals surface area contributed by atoms with E-state index >= 15 is 0 Å². The topological polar surface area (TPSA) is 101 Å². The molecule has 0 spiro atoms. The molecule has 6 rings (SSSR count). The van der Waals surface area contributed by atoms with E-state index in [-0.39, 0.29) is 16.3 Å². The van der Waals surface area contributed by atoms with Crippen LogP contribution in [0.15, 0.2) is 83.9 Å². The highest BCUT2D eigenvalue weighted by molar-refractivity contribution is 6.34.